The number of amides is 2. The standard InChI is InChI=1S/C17H19ClN2O2/c1-2-22-12-14-5-3-4-6-16(14)20-17(21)19-11-13-7-9-15(18)10-8-13/h3-10H,2,11-12H2,1H3,(H2,19,20,21). The fourth-order valence-corrected chi connectivity index (χ4v) is 2.06. The fourth-order valence-electron chi connectivity index (χ4n) is 1.93. The van der Waals surface area contributed by atoms with E-state index in [-0.39, 0.29) is 6.03 Å². The number of nitrogens with one attached hydrogen (secondary N) is 2. The largest absolute Gasteiger partial charge is 0.377 e. The Morgan fingerprint density at radius 3 is 2.59 bits per heavy atom. The molecule has 2 rings (SSSR count). The first kappa shape index (κ1) is 16.3. The zero-order valence-corrected chi connectivity index (χ0v) is 13.2. The maximum Gasteiger partial charge on any atom is 0.319 e. The molecule has 0 heterocycles. The van der Waals surface area contributed by atoms with Gasteiger partial charge in [-0.25, -0.2) is 4.79 Å². The second-order valence-corrected chi connectivity index (χ2v) is 5.16. The molecule has 0 aliphatic carbocycles. The molecule has 0 radical (unpaired) electrons. The molecule has 116 valence electrons. The lowest BCUT2D eigenvalue weighted by Gasteiger charge is -2.12. The van der Waals surface area contributed by atoms with Crippen molar-refractivity contribution in [2.45, 2.75) is 20.1 Å². The van der Waals surface area contributed by atoms with Crippen molar-refractivity contribution in [1.82, 2.24) is 5.32 Å². The van der Waals surface area contributed by atoms with Gasteiger partial charge in [0.25, 0.3) is 0 Å². The van der Waals surface area contributed by atoms with Gasteiger partial charge in [-0.2, -0.15) is 0 Å². The Labute approximate surface area is 135 Å². The van der Waals surface area contributed by atoms with Crippen molar-refractivity contribution < 1.29 is 9.53 Å². The molecule has 0 spiro atoms. The van der Waals surface area contributed by atoms with E-state index in [1.807, 2.05) is 43.3 Å². The molecule has 4 nitrogen and oxygen atoms in total. The van der Waals surface area contributed by atoms with Crippen LogP contribution in [0.5, 0.6) is 0 Å². The van der Waals surface area contributed by atoms with Crippen molar-refractivity contribution in [3.63, 3.8) is 0 Å². The molecule has 2 amide bonds. The first-order valence-corrected chi connectivity index (χ1v) is 7.51. The SMILES string of the molecule is CCOCc1ccccc1NC(=O)NCc1ccc(Cl)cc1. The van der Waals surface area contributed by atoms with Crippen LogP contribution in [0.15, 0.2) is 48.5 Å². The monoisotopic (exact) mass is 318 g/mol. The molecule has 0 atom stereocenters. The maximum absolute atomic E-state index is 12.0. The molecule has 2 aromatic rings. The minimum Gasteiger partial charge on any atom is -0.377 e. The Kier molecular flexibility index (Phi) is 6.25. The summed E-state index contributed by atoms with van der Waals surface area (Å²) >= 11 is 5.83. The summed E-state index contributed by atoms with van der Waals surface area (Å²) in [5, 5.41) is 6.34. The van der Waals surface area contributed by atoms with E-state index < -0.39 is 0 Å². The molecule has 0 saturated heterocycles. The molecule has 22 heavy (non-hydrogen) atoms. The summed E-state index contributed by atoms with van der Waals surface area (Å²) in [4.78, 5) is 12.0. The van der Waals surface area contributed by atoms with Gasteiger partial charge in [0, 0.05) is 29.4 Å². The summed E-state index contributed by atoms with van der Waals surface area (Å²) in [5.74, 6) is 0. The van der Waals surface area contributed by atoms with Crippen molar-refractivity contribution >= 4 is 23.3 Å². The number of para-hydroxylation sites is 1. The first-order chi connectivity index (χ1) is 10.7. The first-order valence-electron chi connectivity index (χ1n) is 7.14. The molecule has 2 aromatic carbocycles. The highest BCUT2D eigenvalue weighted by molar-refractivity contribution is 6.30. The van der Waals surface area contributed by atoms with E-state index in [0.717, 1.165) is 16.8 Å². The fraction of sp³-hybridized carbons (Fsp3) is 0.235. The van der Waals surface area contributed by atoms with E-state index in [9.17, 15) is 4.79 Å². The third-order valence-electron chi connectivity index (χ3n) is 3.09. The van der Waals surface area contributed by atoms with Gasteiger partial charge >= 0.3 is 6.03 Å². The summed E-state index contributed by atoms with van der Waals surface area (Å²) in [6, 6.07) is 14.7. The van der Waals surface area contributed by atoms with Crippen LogP contribution in [0.25, 0.3) is 0 Å². The Bertz CT molecular complexity index is 614. The molecule has 0 saturated carbocycles. The quantitative estimate of drug-likeness (QED) is 0.838. The second-order valence-electron chi connectivity index (χ2n) is 4.73. The number of hydrogen-bond donors (Lipinski definition) is 2. The number of halogens is 1. The number of urea groups is 1. The van der Waals surface area contributed by atoms with Gasteiger partial charge < -0.3 is 15.4 Å². The third-order valence-corrected chi connectivity index (χ3v) is 3.35. The number of carbonyl (C=O) groups is 1. The number of hydrogen-bond acceptors (Lipinski definition) is 2. The predicted molar refractivity (Wildman–Crippen MR) is 89.1 cm³/mol. The van der Waals surface area contributed by atoms with Crippen LogP contribution in [0.3, 0.4) is 0 Å². The minimum absolute atomic E-state index is 0.251. The molecular weight excluding hydrogens is 300 g/mol. The molecule has 5 heteroatoms. The predicted octanol–water partition coefficient (Wildman–Crippen LogP) is 4.20. The van der Waals surface area contributed by atoms with E-state index in [1.54, 1.807) is 12.1 Å². The third kappa shape index (κ3) is 5.06. The maximum atomic E-state index is 12.0. The van der Waals surface area contributed by atoms with Crippen LogP contribution >= 0.6 is 11.6 Å². The molecule has 0 bridgehead atoms. The smallest absolute Gasteiger partial charge is 0.319 e. The van der Waals surface area contributed by atoms with Gasteiger partial charge in [-0.05, 0) is 30.7 Å². The molecular formula is C17H19ClN2O2. The number of ether oxygens (including phenoxy) is 1. The molecule has 0 aliphatic heterocycles. The van der Waals surface area contributed by atoms with Gasteiger partial charge in [0.2, 0.25) is 0 Å². The highest BCUT2D eigenvalue weighted by atomic mass is 35.5. The molecule has 0 unspecified atom stereocenters. The van der Waals surface area contributed by atoms with Crippen LogP contribution in [0.4, 0.5) is 10.5 Å². The van der Waals surface area contributed by atoms with E-state index in [0.29, 0.717) is 24.8 Å². The summed E-state index contributed by atoms with van der Waals surface area (Å²) in [6.45, 7) is 3.49. The minimum atomic E-state index is -0.251. The van der Waals surface area contributed by atoms with Crippen LogP contribution in [0.1, 0.15) is 18.1 Å². The van der Waals surface area contributed by atoms with Crippen molar-refractivity contribution in [3.8, 4) is 0 Å². The van der Waals surface area contributed by atoms with Gasteiger partial charge in [0.1, 0.15) is 0 Å². The zero-order valence-electron chi connectivity index (χ0n) is 12.4. The van der Waals surface area contributed by atoms with Crippen LogP contribution < -0.4 is 10.6 Å². The Balaban J connectivity index is 1.90. The Morgan fingerprint density at radius 2 is 1.86 bits per heavy atom. The number of benzene rings is 2. The van der Waals surface area contributed by atoms with E-state index in [2.05, 4.69) is 10.6 Å². The molecule has 0 aliphatic rings. The summed E-state index contributed by atoms with van der Waals surface area (Å²) in [5.41, 5.74) is 2.69. The summed E-state index contributed by atoms with van der Waals surface area (Å²) in [6.07, 6.45) is 0. The van der Waals surface area contributed by atoms with E-state index in [1.165, 1.54) is 0 Å². The Hall–Kier alpha value is -2.04. The normalized spacial score (nSPS) is 10.3. The zero-order chi connectivity index (χ0) is 15.8. The van der Waals surface area contributed by atoms with E-state index in [4.69, 9.17) is 16.3 Å². The second kappa shape index (κ2) is 8.41. The van der Waals surface area contributed by atoms with Crippen molar-refractivity contribution in [1.29, 1.82) is 0 Å². The average molecular weight is 319 g/mol. The van der Waals surface area contributed by atoms with Gasteiger partial charge in [0.05, 0.1) is 6.61 Å². The highest BCUT2D eigenvalue weighted by Crippen LogP contribution is 2.16. The van der Waals surface area contributed by atoms with Crippen LogP contribution in [0, 0.1) is 0 Å². The van der Waals surface area contributed by atoms with E-state index >= 15 is 0 Å². The topological polar surface area (TPSA) is 50.4 Å². The summed E-state index contributed by atoms with van der Waals surface area (Å²) < 4.78 is 5.40. The Morgan fingerprint density at radius 1 is 1.14 bits per heavy atom. The average Bonchev–Trinajstić information content (AvgIpc) is 2.53. The van der Waals surface area contributed by atoms with Crippen LogP contribution in [-0.4, -0.2) is 12.6 Å². The number of anilines is 1. The van der Waals surface area contributed by atoms with Crippen molar-refractivity contribution in [3.05, 3.63) is 64.7 Å². The van der Waals surface area contributed by atoms with Crippen molar-refractivity contribution in [2.24, 2.45) is 0 Å². The van der Waals surface area contributed by atoms with Gasteiger partial charge in [-0.3, -0.25) is 0 Å². The molecule has 0 fully saturated rings. The van der Waals surface area contributed by atoms with Crippen molar-refractivity contribution in [2.75, 3.05) is 11.9 Å². The van der Waals surface area contributed by atoms with Gasteiger partial charge in [-0.15, -0.1) is 0 Å². The van der Waals surface area contributed by atoms with Gasteiger partial charge in [0.15, 0.2) is 0 Å². The van der Waals surface area contributed by atoms with Gasteiger partial charge in [-0.1, -0.05) is 41.9 Å². The van der Waals surface area contributed by atoms with Crippen LogP contribution in [-0.2, 0) is 17.9 Å². The van der Waals surface area contributed by atoms with Crippen LogP contribution in [0.2, 0.25) is 5.02 Å². The molecule has 0 aromatic heterocycles. The highest BCUT2D eigenvalue weighted by Gasteiger charge is 2.06. The lowest BCUT2D eigenvalue weighted by atomic mass is 10.2. The lowest BCUT2D eigenvalue weighted by molar-refractivity contribution is 0.134. The number of carbonyl (C=O) groups excluding carboxylic acids is 1. The number of rotatable bonds is 6. The molecule has 2 N–H and O–H groups in total. The summed E-state index contributed by atoms with van der Waals surface area (Å²) in [7, 11) is 0. The lowest BCUT2D eigenvalue weighted by Crippen LogP contribution is -2.28.